The molecule has 2 aliphatic heterocycles. The standard InChI is InChI=1S/C27H32N2O3/c1-20-9-11-21(12-10-20)18-27(15-13-24(30)28-27)16-14-25(31)29-17-5-8-23(19-29)26(32)22-6-3-2-4-7-22/h2-4,6-7,9-12,23H,5,8,13-19H2,1H3,(H,28,30)/t23-,27-/m0/s1. The highest BCUT2D eigenvalue weighted by Crippen LogP contribution is 2.30. The van der Waals surface area contributed by atoms with E-state index in [0.717, 1.165) is 31.2 Å². The smallest absolute Gasteiger partial charge is 0.222 e. The zero-order chi connectivity index (χ0) is 22.6. The van der Waals surface area contributed by atoms with Crippen molar-refractivity contribution in [1.29, 1.82) is 0 Å². The van der Waals surface area contributed by atoms with Crippen molar-refractivity contribution in [2.75, 3.05) is 13.1 Å². The first kappa shape index (κ1) is 22.3. The van der Waals surface area contributed by atoms with E-state index in [4.69, 9.17) is 0 Å². The first-order chi connectivity index (χ1) is 15.4. The number of Topliss-reactive ketones (excluding diaryl/α,β-unsaturated/α-hetero) is 1. The molecule has 0 spiro atoms. The van der Waals surface area contributed by atoms with Gasteiger partial charge in [0, 0.05) is 43.0 Å². The Labute approximate surface area is 190 Å². The Morgan fingerprint density at radius 2 is 1.84 bits per heavy atom. The van der Waals surface area contributed by atoms with Crippen molar-refractivity contribution in [2.24, 2.45) is 5.92 Å². The molecule has 0 radical (unpaired) electrons. The molecule has 0 saturated carbocycles. The maximum absolute atomic E-state index is 13.1. The molecular weight excluding hydrogens is 400 g/mol. The fourth-order valence-corrected chi connectivity index (χ4v) is 5.04. The van der Waals surface area contributed by atoms with Crippen molar-refractivity contribution in [1.82, 2.24) is 10.2 Å². The molecule has 168 valence electrons. The Hall–Kier alpha value is -2.95. The molecule has 4 rings (SSSR count). The number of hydrogen-bond acceptors (Lipinski definition) is 3. The number of nitrogens with zero attached hydrogens (tertiary/aromatic N) is 1. The average molecular weight is 433 g/mol. The summed E-state index contributed by atoms with van der Waals surface area (Å²) >= 11 is 0. The first-order valence-electron chi connectivity index (χ1n) is 11.7. The van der Waals surface area contributed by atoms with Gasteiger partial charge in [-0.3, -0.25) is 14.4 Å². The molecule has 2 saturated heterocycles. The molecule has 0 unspecified atom stereocenters. The number of hydrogen-bond donors (Lipinski definition) is 1. The lowest BCUT2D eigenvalue weighted by atomic mass is 9.84. The lowest BCUT2D eigenvalue weighted by Gasteiger charge is -2.34. The van der Waals surface area contributed by atoms with Crippen LogP contribution in [0.5, 0.6) is 0 Å². The molecule has 2 aliphatic rings. The quantitative estimate of drug-likeness (QED) is 0.670. The second kappa shape index (κ2) is 9.68. The van der Waals surface area contributed by atoms with Crippen molar-refractivity contribution in [2.45, 2.75) is 57.4 Å². The van der Waals surface area contributed by atoms with Gasteiger partial charge >= 0.3 is 0 Å². The molecule has 2 atom stereocenters. The molecule has 1 N–H and O–H groups in total. The van der Waals surface area contributed by atoms with E-state index < -0.39 is 0 Å². The van der Waals surface area contributed by atoms with Crippen molar-refractivity contribution in [3.8, 4) is 0 Å². The minimum atomic E-state index is -0.364. The molecule has 2 aromatic carbocycles. The number of amides is 2. The van der Waals surface area contributed by atoms with E-state index in [1.165, 1.54) is 11.1 Å². The highest BCUT2D eigenvalue weighted by molar-refractivity contribution is 5.98. The third kappa shape index (κ3) is 5.26. The number of carbonyl (C=O) groups excluding carboxylic acids is 3. The maximum atomic E-state index is 13.1. The maximum Gasteiger partial charge on any atom is 0.222 e. The van der Waals surface area contributed by atoms with Crippen LogP contribution in [0.15, 0.2) is 54.6 Å². The monoisotopic (exact) mass is 432 g/mol. The van der Waals surface area contributed by atoms with Crippen LogP contribution in [-0.2, 0) is 16.0 Å². The van der Waals surface area contributed by atoms with Crippen molar-refractivity contribution in [3.05, 3.63) is 71.3 Å². The molecule has 2 heterocycles. The lowest BCUT2D eigenvalue weighted by molar-refractivity contribution is -0.133. The number of ketones is 1. The number of likely N-dealkylation sites (tertiary alicyclic amines) is 1. The second-order valence-electron chi connectivity index (χ2n) is 9.40. The summed E-state index contributed by atoms with van der Waals surface area (Å²) in [5.74, 6) is 0.140. The Morgan fingerprint density at radius 1 is 1.09 bits per heavy atom. The van der Waals surface area contributed by atoms with Crippen molar-refractivity contribution in [3.63, 3.8) is 0 Å². The van der Waals surface area contributed by atoms with E-state index in [9.17, 15) is 14.4 Å². The summed E-state index contributed by atoms with van der Waals surface area (Å²) in [5.41, 5.74) is 2.74. The number of piperidine rings is 1. The molecule has 5 nitrogen and oxygen atoms in total. The van der Waals surface area contributed by atoms with Crippen LogP contribution in [0.1, 0.15) is 60.0 Å². The molecule has 0 bridgehead atoms. The summed E-state index contributed by atoms with van der Waals surface area (Å²) in [4.78, 5) is 39.9. The van der Waals surface area contributed by atoms with Gasteiger partial charge < -0.3 is 10.2 Å². The summed E-state index contributed by atoms with van der Waals surface area (Å²) in [6.07, 6.45) is 4.68. The third-order valence-electron chi connectivity index (χ3n) is 6.92. The summed E-state index contributed by atoms with van der Waals surface area (Å²) in [7, 11) is 0. The fourth-order valence-electron chi connectivity index (χ4n) is 5.04. The molecule has 0 aromatic heterocycles. The van der Waals surface area contributed by atoms with E-state index in [1.54, 1.807) is 0 Å². The molecule has 0 aliphatic carbocycles. The van der Waals surface area contributed by atoms with E-state index in [-0.39, 0.29) is 29.1 Å². The van der Waals surface area contributed by atoms with Gasteiger partial charge in [0.05, 0.1) is 0 Å². The zero-order valence-electron chi connectivity index (χ0n) is 18.8. The van der Waals surface area contributed by atoms with Crippen LogP contribution in [0.2, 0.25) is 0 Å². The van der Waals surface area contributed by atoms with E-state index >= 15 is 0 Å². The van der Waals surface area contributed by atoms with Gasteiger partial charge in [0.25, 0.3) is 0 Å². The summed E-state index contributed by atoms with van der Waals surface area (Å²) in [6.45, 7) is 3.25. The second-order valence-corrected chi connectivity index (χ2v) is 9.40. The number of nitrogens with one attached hydrogen (secondary N) is 1. The summed E-state index contributed by atoms with van der Waals surface area (Å²) in [5, 5.41) is 3.17. The Morgan fingerprint density at radius 3 is 2.53 bits per heavy atom. The van der Waals surface area contributed by atoms with Gasteiger partial charge in [-0.25, -0.2) is 0 Å². The number of benzene rings is 2. The van der Waals surface area contributed by atoms with Gasteiger partial charge in [-0.2, -0.15) is 0 Å². The van der Waals surface area contributed by atoms with Crippen LogP contribution in [0.25, 0.3) is 0 Å². The van der Waals surface area contributed by atoms with Crippen LogP contribution in [0, 0.1) is 12.8 Å². The van der Waals surface area contributed by atoms with E-state index in [2.05, 4.69) is 36.5 Å². The Bertz CT molecular complexity index is 970. The molecular formula is C27H32N2O3. The van der Waals surface area contributed by atoms with E-state index in [0.29, 0.717) is 32.4 Å². The molecule has 5 heteroatoms. The van der Waals surface area contributed by atoms with Gasteiger partial charge in [0.2, 0.25) is 11.8 Å². The minimum absolute atomic E-state index is 0.0658. The highest BCUT2D eigenvalue weighted by atomic mass is 16.2. The number of aryl methyl sites for hydroxylation is 1. The summed E-state index contributed by atoms with van der Waals surface area (Å²) in [6, 6.07) is 17.7. The normalized spacial score (nSPS) is 23.1. The topological polar surface area (TPSA) is 66.5 Å². The molecule has 2 aromatic rings. The van der Waals surface area contributed by atoms with Crippen molar-refractivity contribution < 1.29 is 14.4 Å². The zero-order valence-corrected chi connectivity index (χ0v) is 18.8. The average Bonchev–Trinajstić information content (AvgIpc) is 3.19. The SMILES string of the molecule is Cc1ccc(C[C@@]2(CCC(=O)N3CCC[C@H](C(=O)c4ccccc4)C3)CCC(=O)N2)cc1. The minimum Gasteiger partial charge on any atom is -0.350 e. The van der Waals surface area contributed by atoms with Gasteiger partial charge in [0.15, 0.2) is 5.78 Å². The van der Waals surface area contributed by atoms with Crippen LogP contribution in [0.4, 0.5) is 0 Å². The predicted octanol–water partition coefficient (Wildman–Crippen LogP) is 4.09. The summed E-state index contributed by atoms with van der Waals surface area (Å²) < 4.78 is 0. The molecule has 2 fully saturated rings. The largest absolute Gasteiger partial charge is 0.350 e. The Kier molecular flexibility index (Phi) is 6.73. The van der Waals surface area contributed by atoms with Crippen LogP contribution < -0.4 is 5.32 Å². The highest BCUT2D eigenvalue weighted by Gasteiger charge is 2.38. The van der Waals surface area contributed by atoms with Gasteiger partial charge in [-0.1, -0.05) is 60.2 Å². The predicted molar refractivity (Wildman–Crippen MR) is 124 cm³/mol. The van der Waals surface area contributed by atoms with Crippen LogP contribution in [0.3, 0.4) is 0 Å². The fraction of sp³-hybridized carbons (Fsp3) is 0.444. The number of rotatable bonds is 7. The Balaban J connectivity index is 1.38. The van der Waals surface area contributed by atoms with Crippen LogP contribution >= 0.6 is 0 Å². The third-order valence-corrected chi connectivity index (χ3v) is 6.92. The molecule has 32 heavy (non-hydrogen) atoms. The van der Waals surface area contributed by atoms with Crippen molar-refractivity contribution >= 4 is 17.6 Å². The van der Waals surface area contributed by atoms with Gasteiger partial charge in [-0.05, 0) is 44.6 Å². The number of carbonyl (C=O) groups is 3. The van der Waals surface area contributed by atoms with Gasteiger partial charge in [-0.15, -0.1) is 0 Å². The first-order valence-corrected chi connectivity index (χ1v) is 11.7. The lowest BCUT2D eigenvalue weighted by Crippen LogP contribution is -2.46. The van der Waals surface area contributed by atoms with Crippen LogP contribution in [-0.4, -0.2) is 41.1 Å². The molecule has 2 amide bonds. The van der Waals surface area contributed by atoms with Gasteiger partial charge in [0.1, 0.15) is 0 Å². The van der Waals surface area contributed by atoms with E-state index in [1.807, 2.05) is 35.2 Å².